The van der Waals surface area contributed by atoms with Gasteiger partial charge in [0, 0.05) is 5.69 Å². The number of esters is 1. The molecule has 2 rings (SSSR count). The second-order valence-corrected chi connectivity index (χ2v) is 4.39. The molecule has 0 aromatic heterocycles. The van der Waals surface area contributed by atoms with E-state index in [0.717, 1.165) is 0 Å². The molecule has 0 fully saturated rings. The first-order valence-corrected chi connectivity index (χ1v) is 6.22. The van der Waals surface area contributed by atoms with Gasteiger partial charge in [0.25, 0.3) is 0 Å². The number of carbonyl (C=O) groups is 1. The van der Waals surface area contributed by atoms with Crippen molar-refractivity contribution in [1.29, 1.82) is 5.26 Å². The van der Waals surface area contributed by atoms with Crippen LogP contribution in [0.25, 0.3) is 0 Å². The zero-order valence-electron chi connectivity index (χ0n) is 11.7. The first-order chi connectivity index (χ1) is 10.1. The molecule has 21 heavy (non-hydrogen) atoms. The Morgan fingerprint density at radius 1 is 1.29 bits per heavy atom. The summed E-state index contributed by atoms with van der Waals surface area (Å²) in [7, 11) is 1.30. The van der Waals surface area contributed by atoms with Crippen LogP contribution < -0.4 is 10.5 Å². The fourth-order valence-corrected chi connectivity index (χ4v) is 1.90. The van der Waals surface area contributed by atoms with Crippen molar-refractivity contribution in [2.75, 3.05) is 12.8 Å². The zero-order chi connectivity index (χ0) is 15.4. The van der Waals surface area contributed by atoms with E-state index in [-0.39, 0.29) is 5.56 Å². The smallest absolute Gasteiger partial charge is 0.342 e. The van der Waals surface area contributed by atoms with Crippen LogP contribution in [0.5, 0.6) is 11.5 Å². The number of hydrogen-bond donors (Lipinski definition) is 1. The van der Waals surface area contributed by atoms with Gasteiger partial charge in [0.15, 0.2) is 0 Å². The number of methoxy groups -OCH3 is 1. The number of nitrogens with zero attached hydrogens (tertiary/aromatic N) is 1. The molecule has 2 N–H and O–H groups in total. The Morgan fingerprint density at radius 2 is 2.05 bits per heavy atom. The number of nitriles is 1. The predicted octanol–water partition coefficient (Wildman–Crippen LogP) is 3.03. The lowest BCUT2D eigenvalue weighted by molar-refractivity contribution is 0.0597. The standard InChI is InChI=1S/C16H14N2O3/c1-10-13(18)6-7-14(15(10)16(19)20-2)21-12-5-3-4-11(8-12)9-17/h3-8H,18H2,1-2H3. The third-order valence-corrected chi connectivity index (χ3v) is 3.05. The third kappa shape index (κ3) is 2.95. The Hall–Kier alpha value is -3.00. The van der Waals surface area contributed by atoms with Crippen LogP contribution >= 0.6 is 0 Å². The summed E-state index contributed by atoms with van der Waals surface area (Å²) in [5, 5.41) is 8.89. The average molecular weight is 282 g/mol. The number of nitrogens with two attached hydrogens (primary N) is 1. The largest absolute Gasteiger partial charge is 0.465 e. The molecule has 106 valence electrons. The normalized spacial score (nSPS) is 9.76. The van der Waals surface area contributed by atoms with Crippen LogP contribution in [0.2, 0.25) is 0 Å². The van der Waals surface area contributed by atoms with Crippen molar-refractivity contribution in [2.24, 2.45) is 0 Å². The number of benzene rings is 2. The summed E-state index contributed by atoms with van der Waals surface area (Å²) in [6.07, 6.45) is 0. The van der Waals surface area contributed by atoms with Crippen molar-refractivity contribution >= 4 is 11.7 Å². The molecule has 0 aliphatic rings. The van der Waals surface area contributed by atoms with Crippen molar-refractivity contribution in [1.82, 2.24) is 0 Å². The number of anilines is 1. The van der Waals surface area contributed by atoms with Crippen LogP contribution in [0.3, 0.4) is 0 Å². The maximum Gasteiger partial charge on any atom is 0.342 e. The van der Waals surface area contributed by atoms with Crippen LogP contribution in [0.15, 0.2) is 36.4 Å². The van der Waals surface area contributed by atoms with Crippen LogP contribution in [0.1, 0.15) is 21.5 Å². The van der Waals surface area contributed by atoms with E-state index in [1.54, 1.807) is 43.3 Å². The molecule has 2 aromatic carbocycles. The SMILES string of the molecule is COC(=O)c1c(Oc2cccc(C#N)c2)ccc(N)c1C. The molecular weight excluding hydrogens is 268 g/mol. The summed E-state index contributed by atoms with van der Waals surface area (Å²) in [4.78, 5) is 11.9. The Bertz CT molecular complexity index is 733. The fraction of sp³-hybridized carbons (Fsp3) is 0.125. The molecule has 0 heterocycles. The molecule has 0 aliphatic carbocycles. The molecule has 0 saturated heterocycles. The van der Waals surface area contributed by atoms with E-state index in [4.69, 9.17) is 20.5 Å². The molecule has 0 aliphatic heterocycles. The Morgan fingerprint density at radius 3 is 2.71 bits per heavy atom. The molecule has 5 nitrogen and oxygen atoms in total. The molecule has 0 saturated carbocycles. The monoisotopic (exact) mass is 282 g/mol. The number of nitrogen functional groups attached to an aromatic ring is 1. The molecule has 0 spiro atoms. The van der Waals surface area contributed by atoms with Crippen LogP contribution in [-0.4, -0.2) is 13.1 Å². The van der Waals surface area contributed by atoms with Gasteiger partial charge in [-0.1, -0.05) is 6.07 Å². The topological polar surface area (TPSA) is 85.3 Å². The summed E-state index contributed by atoms with van der Waals surface area (Å²) >= 11 is 0. The Balaban J connectivity index is 2.47. The number of hydrogen-bond acceptors (Lipinski definition) is 5. The van der Waals surface area contributed by atoms with E-state index >= 15 is 0 Å². The summed E-state index contributed by atoms with van der Waals surface area (Å²) in [6.45, 7) is 1.72. The first kappa shape index (κ1) is 14.4. The highest BCUT2D eigenvalue weighted by Crippen LogP contribution is 2.31. The van der Waals surface area contributed by atoms with Crippen LogP contribution in [0, 0.1) is 18.3 Å². The van der Waals surface area contributed by atoms with Gasteiger partial charge in [0.1, 0.15) is 17.1 Å². The van der Waals surface area contributed by atoms with E-state index in [2.05, 4.69) is 0 Å². The number of rotatable bonds is 3. The molecule has 2 aromatic rings. The molecule has 0 atom stereocenters. The van der Waals surface area contributed by atoms with Gasteiger partial charge in [-0.2, -0.15) is 5.26 Å². The van der Waals surface area contributed by atoms with Crippen LogP contribution in [0.4, 0.5) is 5.69 Å². The van der Waals surface area contributed by atoms with Crippen molar-refractivity contribution < 1.29 is 14.3 Å². The summed E-state index contributed by atoms with van der Waals surface area (Å²) in [5.41, 5.74) is 7.64. The van der Waals surface area contributed by atoms with Crippen molar-refractivity contribution in [3.05, 3.63) is 53.1 Å². The minimum atomic E-state index is -0.522. The molecule has 5 heteroatoms. The highest BCUT2D eigenvalue weighted by molar-refractivity contribution is 5.95. The molecule has 0 amide bonds. The van der Waals surface area contributed by atoms with E-state index in [1.807, 2.05) is 6.07 Å². The lowest BCUT2D eigenvalue weighted by Crippen LogP contribution is -2.08. The minimum Gasteiger partial charge on any atom is -0.465 e. The van der Waals surface area contributed by atoms with E-state index in [9.17, 15) is 4.79 Å². The van der Waals surface area contributed by atoms with E-state index < -0.39 is 5.97 Å². The second-order valence-electron chi connectivity index (χ2n) is 4.39. The minimum absolute atomic E-state index is 0.278. The molecule has 0 radical (unpaired) electrons. The van der Waals surface area contributed by atoms with Gasteiger partial charge < -0.3 is 15.2 Å². The van der Waals surface area contributed by atoms with Gasteiger partial charge in [-0.15, -0.1) is 0 Å². The molecule has 0 bridgehead atoms. The fourth-order valence-electron chi connectivity index (χ4n) is 1.90. The van der Waals surface area contributed by atoms with Gasteiger partial charge in [0.2, 0.25) is 0 Å². The van der Waals surface area contributed by atoms with Gasteiger partial charge in [-0.3, -0.25) is 0 Å². The first-order valence-electron chi connectivity index (χ1n) is 6.22. The Kier molecular flexibility index (Phi) is 4.10. The molecule has 0 unspecified atom stereocenters. The third-order valence-electron chi connectivity index (χ3n) is 3.05. The zero-order valence-corrected chi connectivity index (χ0v) is 11.7. The lowest BCUT2D eigenvalue weighted by atomic mass is 10.1. The van der Waals surface area contributed by atoms with Crippen molar-refractivity contribution in [3.8, 4) is 17.6 Å². The molecular formula is C16H14N2O3. The lowest BCUT2D eigenvalue weighted by Gasteiger charge is -2.13. The highest BCUT2D eigenvalue weighted by Gasteiger charge is 2.18. The van der Waals surface area contributed by atoms with Crippen molar-refractivity contribution in [3.63, 3.8) is 0 Å². The highest BCUT2D eigenvalue weighted by atomic mass is 16.5. The summed E-state index contributed by atoms with van der Waals surface area (Å²) in [5.74, 6) is 0.276. The van der Waals surface area contributed by atoms with Gasteiger partial charge in [-0.25, -0.2) is 4.79 Å². The second kappa shape index (κ2) is 5.97. The summed E-state index contributed by atoms with van der Waals surface area (Å²) < 4.78 is 10.5. The van der Waals surface area contributed by atoms with Crippen molar-refractivity contribution in [2.45, 2.75) is 6.92 Å². The Labute approximate surface area is 122 Å². The van der Waals surface area contributed by atoms with E-state index in [0.29, 0.717) is 28.3 Å². The van der Waals surface area contributed by atoms with E-state index in [1.165, 1.54) is 7.11 Å². The maximum absolute atomic E-state index is 11.9. The maximum atomic E-state index is 11.9. The predicted molar refractivity (Wildman–Crippen MR) is 78.2 cm³/mol. The quantitative estimate of drug-likeness (QED) is 0.690. The van der Waals surface area contributed by atoms with Gasteiger partial charge in [0.05, 0.1) is 18.7 Å². The van der Waals surface area contributed by atoms with Gasteiger partial charge in [-0.05, 0) is 42.8 Å². The number of ether oxygens (including phenoxy) is 2. The van der Waals surface area contributed by atoms with Gasteiger partial charge >= 0.3 is 5.97 Å². The van der Waals surface area contributed by atoms with Crippen LogP contribution in [-0.2, 0) is 4.74 Å². The average Bonchev–Trinajstić information content (AvgIpc) is 2.51. The summed E-state index contributed by atoms with van der Waals surface area (Å²) in [6, 6.07) is 12.0. The number of carbonyl (C=O) groups excluding carboxylic acids is 1.